The van der Waals surface area contributed by atoms with Gasteiger partial charge in [0.25, 0.3) is 0 Å². The highest BCUT2D eigenvalue weighted by Crippen LogP contribution is 2.36. The van der Waals surface area contributed by atoms with Crippen molar-refractivity contribution in [3.63, 3.8) is 0 Å². The highest BCUT2D eigenvalue weighted by molar-refractivity contribution is 6.09. The molecule has 0 spiro atoms. The van der Waals surface area contributed by atoms with E-state index in [4.69, 9.17) is 20.9 Å². The van der Waals surface area contributed by atoms with Crippen molar-refractivity contribution in [2.24, 2.45) is 5.73 Å². The Morgan fingerprint density at radius 1 is 1.29 bits per heavy atom. The van der Waals surface area contributed by atoms with Crippen LogP contribution in [0.25, 0.3) is 16.5 Å². The molecule has 0 bridgehead atoms. The van der Waals surface area contributed by atoms with Gasteiger partial charge in [-0.3, -0.25) is 0 Å². The lowest BCUT2D eigenvalue weighted by atomic mass is 9.86. The summed E-state index contributed by atoms with van der Waals surface area (Å²) >= 11 is 0. The van der Waals surface area contributed by atoms with Gasteiger partial charge < -0.3 is 15.9 Å². The Balaban J connectivity index is 2.39. The largest absolute Gasteiger partial charge is 0.496 e. The van der Waals surface area contributed by atoms with E-state index in [0.717, 1.165) is 41.6 Å². The summed E-state index contributed by atoms with van der Waals surface area (Å²) in [7, 11) is 1.70. The fourth-order valence-corrected chi connectivity index (χ4v) is 3.15. The predicted molar refractivity (Wildman–Crippen MR) is 85.9 cm³/mol. The number of nitrogens with one attached hydrogen (secondary N) is 1. The Bertz CT molecular complexity index is 734. The molecule has 0 unspecified atom stereocenters. The molecular weight excluding hydrogens is 262 g/mol. The molecule has 3 N–H and O–H groups in total. The number of ether oxygens (including phenoxy) is 1. The van der Waals surface area contributed by atoms with Gasteiger partial charge in [0.1, 0.15) is 5.75 Å². The maximum Gasteiger partial charge on any atom is 0.128 e. The molecule has 4 nitrogen and oxygen atoms in total. The van der Waals surface area contributed by atoms with Gasteiger partial charge in [-0.05, 0) is 48.9 Å². The van der Waals surface area contributed by atoms with Crippen LogP contribution >= 0.6 is 0 Å². The number of fused-ring (bicyclic) bond motifs is 3. The van der Waals surface area contributed by atoms with Crippen LogP contribution in [0.15, 0.2) is 24.4 Å². The first kappa shape index (κ1) is 13.6. The second-order valence-corrected chi connectivity index (χ2v) is 5.25. The van der Waals surface area contributed by atoms with Crippen molar-refractivity contribution >= 4 is 22.7 Å². The molecule has 1 aromatic heterocycles. The summed E-state index contributed by atoms with van der Waals surface area (Å²) in [6.07, 6.45) is 7.09. The molecular formula is C17H19N3O. The number of hydrogen-bond acceptors (Lipinski definition) is 4. The fraction of sp³-hybridized carbons (Fsp3) is 0.294. The number of allylic oxidation sites excluding steroid dienone is 1. The van der Waals surface area contributed by atoms with Crippen LogP contribution in [0, 0.1) is 5.41 Å². The van der Waals surface area contributed by atoms with E-state index in [1.54, 1.807) is 7.11 Å². The molecule has 108 valence electrons. The SMILES string of the molecule is COc1cccc2nc(/C(C=N)=C/N)c3c(c12)CCCC3. The van der Waals surface area contributed by atoms with Gasteiger partial charge in [-0.15, -0.1) is 0 Å². The van der Waals surface area contributed by atoms with Crippen molar-refractivity contribution < 1.29 is 4.74 Å². The number of pyridine rings is 1. The number of nitrogens with zero attached hydrogens (tertiary/aromatic N) is 1. The van der Waals surface area contributed by atoms with Crippen molar-refractivity contribution in [1.82, 2.24) is 4.98 Å². The molecule has 0 saturated heterocycles. The molecule has 0 saturated carbocycles. The van der Waals surface area contributed by atoms with Gasteiger partial charge in [-0.25, -0.2) is 4.98 Å². The first-order chi connectivity index (χ1) is 10.3. The van der Waals surface area contributed by atoms with Crippen molar-refractivity contribution in [1.29, 1.82) is 5.41 Å². The molecule has 1 aliphatic carbocycles. The van der Waals surface area contributed by atoms with E-state index in [1.165, 1.54) is 30.0 Å². The summed E-state index contributed by atoms with van der Waals surface area (Å²) < 4.78 is 5.52. The van der Waals surface area contributed by atoms with Crippen molar-refractivity contribution in [3.8, 4) is 5.75 Å². The van der Waals surface area contributed by atoms with Crippen molar-refractivity contribution in [2.75, 3.05) is 7.11 Å². The van der Waals surface area contributed by atoms with Gasteiger partial charge in [-0.1, -0.05) is 6.07 Å². The highest BCUT2D eigenvalue weighted by atomic mass is 16.5. The zero-order valence-corrected chi connectivity index (χ0v) is 12.1. The lowest BCUT2D eigenvalue weighted by Gasteiger charge is -2.22. The third-order valence-electron chi connectivity index (χ3n) is 4.12. The Labute approximate surface area is 124 Å². The minimum absolute atomic E-state index is 0.679. The summed E-state index contributed by atoms with van der Waals surface area (Å²) in [5.41, 5.74) is 10.6. The van der Waals surface area contributed by atoms with Crippen molar-refractivity contribution in [3.05, 3.63) is 41.2 Å². The average Bonchev–Trinajstić information content (AvgIpc) is 2.55. The third-order valence-corrected chi connectivity index (χ3v) is 4.12. The molecule has 21 heavy (non-hydrogen) atoms. The monoisotopic (exact) mass is 281 g/mol. The summed E-state index contributed by atoms with van der Waals surface area (Å²) in [5.74, 6) is 0.873. The van der Waals surface area contributed by atoms with E-state index >= 15 is 0 Å². The normalized spacial score (nSPS) is 14.8. The zero-order valence-electron chi connectivity index (χ0n) is 12.1. The Kier molecular flexibility index (Phi) is 3.60. The second kappa shape index (κ2) is 5.56. The molecule has 3 rings (SSSR count). The maximum absolute atomic E-state index is 7.56. The number of methoxy groups -OCH3 is 1. The Morgan fingerprint density at radius 2 is 2.05 bits per heavy atom. The van der Waals surface area contributed by atoms with Crippen LogP contribution in [0.2, 0.25) is 0 Å². The Hall–Kier alpha value is -2.36. The van der Waals surface area contributed by atoms with Gasteiger partial charge >= 0.3 is 0 Å². The molecule has 0 amide bonds. The topological polar surface area (TPSA) is 72.0 Å². The van der Waals surface area contributed by atoms with Gasteiger partial charge in [0.05, 0.1) is 18.3 Å². The molecule has 4 heteroatoms. The minimum Gasteiger partial charge on any atom is -0.496 e. The van der Waals surface area contributed by atoms with Gasteiger partial charge in [0, 0.05) is 23.4 Å². The number of nitrogens with two attached hydrogens (primary N) is 1. The summed E-state index contributed by atoms with van der Waals surface area (Å²) in [6, 6.07) is 5.92. The molecule has 1 aromatic carbocycles. The zero-order chi connectivity index (χ0) is 14.8. The molecule has 0 atom stereocenters. The van der Waals surface area contributed by atoms with E-state index in [0.29, 0.717) is 5.57 Å². The van der Waals surface area contributed by atoms with E-state index in [9.17, 15) is 0 Å². The van der Waals surface area contributed by atoms with Gasteiger partial charge in [-0.2, -0.15) is 0 Å². The predicted octanol–water partition coefficient (Wildman–Crippen LogP) is 3.07. The molecule has 0 fully saturated rings. The number of benzene rings is 1. The number of hydrogen-bond donors (Lipinski definition) is 2. The second-order valence-electron chi connectivity index (χ2n) is 5.25. The van der Waals surface area contributed by atoms with Crippen LogP contribution in [-0.2, 0) is 12.8 Å². The van der Waals surface area contributed by atoms with E-state index in [2.05, 4.69) is 0 Å². The van der Waals surface area contributed by atoms with Crippen LogP contribution in [0.1, 0.15) is 29.7 Å². The van der Waals surface area contributed by atoms with Crippen molar-refractivity contribution in [2.45, 2.75) is 25.7 Å². The maximum atomic E-state index is 7.56. The molecule has 2 aromatic rings. The number of aromatic nitrogens is 1. The highest BCUT2D eigenvalue weighted by Gasteiger charge is 2.21. The fourth-order valence-electron chi connectivity index (χ4n) is 3.15. The van der Waals surface area contributed by atoms with E-state index in [1.807, 2.05) is 18.2 Å². The summed E-state index contributed by atoms with van der Waals surface area (Å²) in [6.45, 7) is 0. The van der Waals surface area contributed by atoms with Crippen LogP contribution in [0.5, 0.6) is 5.75 Å². The number of aryl methyl sites for hydroxylation is 1. The van der Waals surface area contributed by atoms with Gasteiger partial charge in [0.2, 0.25) is 0 Å². The summed E-state index contributed by atoms with van der Waals surface area (Å²) in [5, 5.41) is 8.67. The lowest BCUT2D eigenvalue weighted by Crippen LogP contribution is -2.11. The molecule has 0 radical (unpaired) electrons. The molecule has 1 aliphatic rings. The third kappa shape index (κ3) is 2.17. The molecule has 1 heterocycles. The first-order valence-corrected chi connectivity index (χ1v) is 7.21. The standard InChI is InChI=1S/C17H19N3O/c1-21-15-8-4-7-14-16(15)12-5-2-3-6-13(12)17(20-14)11(9-18)10-19/h4,7-10,18H,2-3,5-6,19H2,1H3/b11-10+,18-9?. The smallest absolute Gasteiger partial charge is 0.128 e. The van der Waals surface area contributed by atoms with Crippen LogP contribution in [0.3, 0.4) is 0 Å². The first-order valence-electron chi connectivity index (χ1n) is 7.21. The Morgan fingerprint density at radius 3 is 2.71 bits per heavy atom. The van der Waals surface area contributed by atoms with Crippen LogP contribution in [0.4, 0.5) is 0 Å². The van der Waals surface area contributed by atoms with Gasteiger partial charge in [0.15, 0.2) is 0 Å². The van der Waals surface area contributed by atoms with Crippen LogP contribution < -0.4 is 10.5 Å². The number of rotatable bonds is 3. The van der Waals surface area contributed by atoms with E-state index < -0.39 is 0 Å². The molecule has 0 aliphatic heterocycles. The average molecular weight is 281 g/mol. The van der Waals surface area contributed by atoms with E-state index in [-0.39, 0.29) is 0 Å². The minimum atomic E-state index is 0.679. The summed E-state index contributed by atoms with van der Waals surface area (Å²) in [4.78, 5) is 4.76. The lowest BCUT2D eigenvalue weighted by molar-refractivity contribution is 0.419. The quantitative estimate of drug-likeness (QED) is 0.849. The van der Waals surface area contributed by atoms with Crippen LogP contribution in [-0.4, -0.2) is 18.3 Å².